The van der Waals surface area contributed by atoms with E-state index in [0.717, 1.165) is 89.4 Å². The van der Waals surface area contributed by atoms with Crippen molar-refractivity contribution in [3.8, 4) is 23.0 Å². The lowest BCUT2D eigenvalue weighted by molar-refractivity contribution is -0.135. The third kappa shape index (κ3) is 18.2. The van der Waals surface area contributed by atoms with Gasteiger partial charge in [0.15, 0.2) is 23.0 Å². The Morgan fingerprint density at radius 2 is 0.781 bits per heavy atom. The summed E-state index contributed by atoms with van der Waals surface area (Å²) in [5.41, 5.74) is 1.84. The van der Waals surface area contributed by atoms with E-state index in [1.54, 1.807) is 24.3 Å². The summed E-state index contributed by atoms with van der Waals surface area (Å²) < 4.78 is 44.7. The lowest BCUT2D eigenvalue weighted by atomic mass is 10.0. The number of ether oxygens (including phenoxy) is 8. The van der Waals surface area contributed by atoms with Crippen molar-refractivity contribution in [2.75, 3.05) is 144 Å². The van der Waals surface area contributed by atoms with Crippen LogP contribution in [0.1, 0.15) is 49.7 Å². The molecule has 4 saturated heterocycles. The fraction of sp³-hybridized carbons (Fsp3) is 0.652. The van der Waals surface area contributed by atoms with Crippen molar-refractivity contribution < 1.29 is 57.1 Å². The van der Waals surface area contributed by atoms with Gasteiger partial charge in [0.05, 0.1) is 52.9 Å². The number of hydrogen-bond acceptors (Lipinski definition) is 16. The second-order valence-electron chi connectivity index (χ2n) is 16.4. The molecule has 2 aromatic rings. The van der Waals surface area contributed by atoms with Crippen molar-refractivity contribution in [2.24, 2.45) is 0 Å². The van der Waals surface area contributed by atoms with E-state index in [9.17, 15) is 19.2 Å². The fourth-order valence-corrected chi connectivity index (χ4v) is 7.85. The molecule has 0 bridgehead atoms. The number of carbonyl (C=O) groups is 4. The summed E-state index contributed by atoms with van der Waals surface area (Å²) in [6.45, 7) is 15.8. The highest BCUT2D eigenvalue weighted by Gasteiger charge is 2.20. The minimum atomic E-state index is -0.624. The largest absolute Gasteiger partial charge is 0.423 e. The Labute approximate surface area is 377 Å². The Hall–Kier alpha value is -4.40. The van der Waals surface area contributed by atoms with E-state index in [-0.39, 0.29) is 35.8 Å². The third-order valence-corrected chi connectivity index (χ3v) is 11.6. The van der Waals surface area contributed by atoms with E-state index < -0.39 is 24.1 Å². The number of benzene rings is 2. The molecule has 2 aromatic carbocycles. The first kappa shape index (κ1) is 49.0. The molecule has 0 aromatic heterocycles. The first-order valence-corrected chi connectivity index (χ1v) is 23.2. The van der Waals surface area contributed by atoms with E-state index in [1.807, 2.05) is 12.1 Å². The number of morpholine rings is 4. The highest BCUT2D eigenvalue weighted by atomic mass is 16.6. The first-order chi connectivity index (χ1) is 31.4. The van der Waals surface area contributed by atoms with E-state index in [4.69, 9.17) is 37.9 Å². The van der Waals surface area contributed by atoms with Gasteiger partial charge in [0.25, 0.3) is 0 Å². The average Bonchev–Trinajstić information content (AvgIpc) is 3.31. The molecule has 4 aliphatic heterocycles. The van der Waals surface area contributed by atoms with Gasteiger partial charge in [-0.1, -0.05) is 12.1 Å². The zero-order valence-electron chi connectivity index (χ0n) is 37.4. The molecule has 0 radical (unpaired) electrons. The van der Waals surface area contributed by atoms with Gasteiger partial charge in [0, 0.05) is 91.4 Å². The van der Waals surface area contributed by atoms with Crippen molar-refractivity contribution in [2.45, 2.75) is 51.4 Å². The van der Waals surface area contributed by atoms with Gasteiger partial charge in [-0.2, -0.15) is 0 Å². The average molecular weight is 897 g/mol. The Balaban J connectivity index is 1.02. The van der Waals surface area contributed by atoms with Crippen LogP contribution in [0.25, 0.3) is 0 Å². The second-order valence-corrected chi connectivity index (χ2v) is 16.4. The summed E-state index contributed by atoms with van der Waals surface area (Å²) in [5.74, 6) is -0.0377. The first-order valence-electron chi connectivity index (χ1n) is 23.2. The zero-order chi connectivity index (χ0) is 44.6. The molecule has 4 fully saturated rings. The van der Waals surface area contributed by atoms with E-state index >= 15 is 0 Å². The number of esters is 2. The van der Waals surface area contributed by atoms with Crippen LogP contribution in [0.3, 0.4) is 0 Å². The summed E-state index contributed by atoms with van der Waals surface area (Å²) in [7, 11) is 0. The maximum absolute atomic E-state index is 13.1. The number of rotatable bonds is 23. The summed E-state index contributed by atoms with van der Waals surface area (Å²) in [5, 5.41) is 5.62. The molecular weight excluding hydrogens is 829 g/mol. The van der Waals surface area contributed by atoms with Crippen LogP contribution in [0, 0.1) is 0 Å². The lowest BCUT2D eigenvalue weighted by Crippen LogP contribution is -2.41. The van der Waals surface area contributed by atoms with Gasteiger partial charge in [0.1, 0.15) is 0 Å². The molecule has 2 N–H and O–H groups in total. The third-order valence-electron chi connectivity index (χ3n) is 11.6. The van der Waals surface area contributed by atoms with E-state index in [1.165, 1.54) is 0 Å². The Morgan fingerprint density at radius 3 is 1.20 bits per heavy atom. The van der Waals surface area contributed by atoms with Crippen LogP contribution in [-0.4, -0.2) is 188 Å². The quantitative estimate of drug-likeness (QED) is 0.0944. The zero-order valence-corrected chi connectivity index (χ0v) is 37.4. The SMILES string of the molecule is O=C(CCCN1CCOCC1)Oc1cc(CCCCc2ccc(OC(=O)CCCN3CCOCC3)c(OC(=O)NCCN3CCOCC3)c2)ccc1OC(=O)NCCN1CCOCC1. The summed E-state index contributed by atoms with van der Waals surface area (Å²) >= 11 is 0. The van der Waals surface area contributed by atoms with Crippen LogP contribution >= 0.6 is 0 Å². The Kier molecular flexibility index (Phi) is 21.3. The van der Waals surface area contributed by atoms with Crippen molar-refractivity contribution in [1.29, 1.82) is 0 Å². The van der Waals surface area contributed by atoms with Gasteiger partial charge in [0.2, 0.25) is 0 Å². The van der Waals surface area contributed by atoms with Crippen molar-refractivity contribution in [3.63, 3.8) is 0 Å². The molecule has 0 unspecified atom stereocenters. The molecule has 4 aliphatic rings. The number of unbranched alkanes of at least 4 members (excludes halogenated alkanes) is 1. The maximum atomic E-state index is 13.1. The maximum Gasteiger partial charge on any atom is 0.412 e. The van der Waals surface area contributed by atoms with Gasteiger partial charge >= 0.3 is 24.1 Å². The summed E-state index contributed by atoms with van der Waals surface area (Å²) in [4.78, 5) is 60.7. The number of carbonyl (C=O) groups excluding carboxylic acids is 4. The minimum Gasteiger partial charge on any atom is -0.423 e. The van der Waals surface area contributed by atoms with Crippen LogP contribution < -0.4 is 29.6 Å². The fourth-order valence-electron chi connectivity index (χ4n) is 7.85. The predicted octanol–water partition coefficient (Wildman–Crippen LogP) is 3.13. The van der Waals surface area contributed by atoms with Crippen molar-refractivity contribution in [1.82, 2.24) is 30.2 Å². The molecule has 4 heterocycles. The molecular formula is C46H68N6O12. The smallest absolute Gasteiger partial charge is 0.412 e. The highest BCUT2D eigenvalue weighted by Crippen LogP contribution is 2.32. The van der Waals surface area contributed by atoms with Crippen molar-refractivity contribution in [3.05, 3.63) is 47.5 Å². The molecule has 18 heteroatoms. The molecule has 0 spiro atoms. The molecule has 0 saturated carbocycles. The van der Waals surface area contributed by atoms with Crippen LogP contribution in [-0.2, 0) is 41.4 Å². The van der Waals surface area contributed by atoms with Crippen LogP contribution in [0.15, 0.2) is 36.4 Å². The summed E-state index contributed by atoms with van der Waals surface area (Å²) in [6.07, 6.45) is 3.40. The molecule has 18 nitrogen and oxygen atoms in total. The number of nitrogens with zero attached hydrogens (tertiary/aromatic N) is 4. The standard InChI is InChI=1S/C46H68N6O12/c53-43(7-3-15-49-19-27-57-28-20-49)61-39-11-9-38(36-42(39)64-46(56)48-14-18-52-25-33-60-34-26-52)6-2-1-5-37-10-12-40(63-45(55)47-13-17-51-23-31-59-32-24-51)41(35-37)62-44(54)8-4-16-50-21-29-58-30-22-50/h9-12,35-36H,1-8,13-34H2,(H,47,55)(H,48,56). The summed E-state index contributed by atoms with van der Waals surface area (Å²) in [6, 6.07) is 10.6. The molecule has 6 rings (SSSR count). The number of aryl methyl sites for hydroxylation is 2. The monoisotopic (exact) mass is 896 g/mol. The lowest BCUT2D eigenvalue weighted by Gasteiger charge is -2.26. The molecule has 64 heavy (non-hydrogen) atoms. The molecule has 354 valence electrons. The number of hydrogen-bond donors (Lipinski definition) is 2. The number of amides is 2. The van der Waals surface area contributed by atoms with E-state index in [2.05, 4.69) is 30.2 Å². The van der Waals surface area contributed by atoms with Gasteiger partial charge < -0.3 is 48.5 Å². The van der Waals surface area contributed by atoms with Crippen LogP contribution in [0.5, 0.6) is 23.0 Å². The van der Waals surface area contributed by atoms with E-state index in [0.29, 0.717) is 105 Å². The Bertz CT molecular complexity index is 1620. The molecule has 0 aliphatic carbocycles. The second kappa shape index (κ2) is 27.8. The minimum absolute atomic E-state index is 0.171. The molecule has 0 atom stereocenters. The predicted molar refractivity (Wildman–Crippen MR) is 236 cm³/mol. The van der Waals surface area contributed by atoms with Gasteiger partial charge in [-0.05, 0) is 87.0 Å². The van der Waals surface area contributed by atoms with Crippen molar-refractivity contribution >= 4 is 24.1 Å². The van der Waals surface area contributed by atoms with Gasteiger partial charge in [-0.3, -0.25) is 29.2 Å². The van der Waals surface area contributed by atoms with Gasteiger partial charge in [-0.15, -0.1) is 0 Å². The Morgan fingerprint density at radius 1 is 0.438 bits per heavy atom. The van der Waals surface area contributed by atoms with Crippen LogP contribution in [0.2, 0.25) is 0 Å². The number of nitrogens with one attached hydrogen (secondary N) is 2. The topological polar surface area (TPSA) is 179 Å². The van der Waals surface area contributed by atoms with Crippen LogP contribution in [0.4, 0.5) is 9.59 Å². The highest BCUT2D eigenvalue weighted by molar-refractivity contribution is 5.76. The molecule has 2 amide bonds. The normalized spacial score (nSPS) is 17.9. The van der Waals surface area contributed by atoms with Gasteiger partial charge in [-0.25, -0.2) is 9.59 Å².